The SMILES string of the molecule is CC(C)C(C(=O)N1CCCN(Cc2ccccc2)CC1)N1C(=O)c2ccccc2C1=O. The van der Waals surface area contributed by atoms with Gasteiger partial charge >= 0.3 is 0 Å². The fraction of sp³-hybridized carbons (Fsp3) is 0.400. The number of amides is 3. The van der Waals surface area contributed by atoms with Crippen LogP contribution in [0.3, 0.4) is 0 Å². The van der Waals surface area contributed by atoms with Gasteiger partial charge in [-0.1, -0.05) is 56.3 Å². The minimum absolute atomic E-state index is 0.133. The molecule has 3 amide bonds. The lowest BCUT2D eigenvalue weighted by atomic mass is 10.0. The molecule has 2 aromatic rings. The predicted octanol–water partition coefficient (Wildman–Crippen LogP) is 3.04. The van der Waals surface area contributed by atoms with Crippen molar-refractivity contribution in [2.75, 3.05) is 26.2 Å². The van der Waals surface area contributed by atoms with Crippen molar-refractivity contribution in [3.05, 3.63) is 71.3 Å². The number of fused-ring (bicyclic) bond motifs is 1. The molecule has 6 nitrogen and oxygen atoms in total. The minimum atomic E-state index is -0.784. The maximum absolute atomic E-state index is 13.5. The number of imide groups is 1. The Morgan fingerprint density at radius 1 is 0.839 bits per heavy atom. The van der Waals surface area contributed by atoms with Crippen molar-refractivity contribution >= 4 is 17.7 Å². The highest BCUT2D eigenvalue weighted by Gasteiger charge is 2.45. The van der Waals surface area contributed by atoms with Crippen molar-refractivity contribution in [1.29, 1.82) is 0 Å². The Balaban J connectivity index is 1.48. The smallest absolute Gasteiger partial charge is 0.262 e. The summed E-state index contributed by atoms with van der Waals surface area (Å²) in [5, 5.41) is 0. The van der Waals surface area contributed by atoms with Gasteiger partial charge < -0.3 is 4.90 Å². The third kappa shape index (κ3) is 4.26. The molecule has 6 heteroatoms. The summed E-state index contributed by atoms with van der Waals surface area (Å²) in [6.07, 6.45) is 0.867. The molecule has 162 valence electrons. The first-order valence-electron chi connectivity index (χ1n) is 11.0. The molecule has 2 aliphatic heterocycles. The lowest BCUT2D eigenvalue weighted by Crippen LogP contribution is -2.54. The van der Waals surface area contributed by atoms with E-state index >= 15 is 0 Å². The first-order chi connectivity index (χ1) is 15.0. The Hall–Kier alpha value is -2.99. The molecule has 2 heterocycles. The molecule has 1 saturated heterocycles. The van der Waals surface area contributed by atoms with Gasteiger partial charge in [0, 0.05) is 32.7 Å². The number of hydrogen-bond donors (Lipinski definition) is 0. The van der Waals surface area contributed by atoms with E-state index in [1.807, 2.05) is 36.9 Å². The van der Waals surface area contributed by atoms with E-state index in [0.29, 0.717) is 24.2 Å². The van der Waals surface area contributed by atoms with Gasteiger partial charge in [0.2, 0.25) is 5.91 Å². The fourth-order valence-corrected chi connectivity index (χ4v) is 4.53. The number of carbonyl (C=O) groups is 3. The summed E-state index contributed by atoms with van der Waals surface area (Å²) in [6, 6.07) is 16.3. The molecule has 31 heavy (non-hydrogen) atoms. The topological polar surface area (TPSA) is 60.9 Å². The summed E-state index contributed by atoms with van der Waals surface area (Å²) >= 11 is 0. The Morgan fingerprint density at radius 3 is 2.06 bits per heavy atom. The number of rotatable bonds is 5. The van der Waals surface area contributed by atoms with Gasteiger partial charge in [0.05, 0.1) is 11.1 Å². The summed E-state index contributed by atoms with van der Waals surface area (Å²) in [6.45, 7) is 7.56. The van der Waals surface area contributed by atoms with E-state index < -0.39 is 6.04 Å². The molecule has 0 saturated carbocycles. The van der Waals surface area contributed by atoms with E-state index in [1.54, 1.807) is 24.3 Å². The Morgan fingerprint density at radius 2 is 1.45 bits per heavy atom. The standard InChI is InChI=1S/C25H29N3O3/c1-18(2)22(28-23(29)20-11-6-7-12-21(20)24(28)30)25(31)27-14-8-13-26(15-16-27)17-19-9-4-3-5-10-19/h3-7,9-12,18,22H,8,13-17H2,1-2H3. The molecule has 0 N–H and O–H groups in total. The van der Waals surface area contributed by atoms with Crippen LogP contribution in [0.5, 0.6) is 0 Å². The van der Waals surface area contributed by atoms with Gasteiger partial charge in [-0.3, -0.25) is 24.2 Å². The highest BCUT2D eigenvalue weighted by atomic mass is 16.2. The van der Waals surface area contributed by atoms with E-state index in [1.165, 1.54) is 10.5 Å². The van der Waals surface area contributed by atoms with Crippen molar-refractivity contribution in [2.45, 2.75) is 32.9 Å². The van der Waals surface area contributed by atoms with Crippen LogP contribution >= 0.6 is 0 Å². The summed E-state index contributed by atoms with van der Waals surface area (Å²) in [5.74, 6) is -1.04. The van der Waals surface area contributed by atoms with Gasteiger partial charge in [0.25, 0.3) is 11.8 Å². The quantitative estimate of drug-likeness (QED) is 0.699. The van der Waals surface area contributed by atoms with E-state index in [9.17, 15) is 14.4 Å². The van der Waals surface area contributed by atoms with E-state index in [0.717, 1.165) is 26.1 Å². The van der Waals surface area contributed by atoms with Gasteiger partial charge in [-0.25, -0.2) is 0 Å². The van der Waals surface area contributed by atoms with Crippen LogP contribution in [0.15, 0.2) is 54.6 Å². The van der Waals surface area contributed by atoms with Crippen molar-refractivity contribution in [1.82, 2.24) is 14.7 Å². The normalized spacial score (nSPS) is 18.3. The second kappa shape index (κ2) is 9.02. The van der Waals surface area contributed by atoms with Crippen molar-refractivity contribution in [3.63, 3.8) is 0 Å². The highest BCUT2D eigenvalue weighted by molar-refractivity contribution is 6.22. The largest absolute Gasteiger partial charge is 0.340 e. The third-order valence-electron chi connectivity index (χ3n) is 6.14. The molecule has 4 rings (SSSR count). The van der Waals surface area contributed by atoms with Gasteiger partial charge in [0.15, 0.2) is 0 Å². The Labute approximate surface area is 183 Å². The maximum atomic E-state index is 13.5. The predicted molar refractivity (Wildman–Crippen MR) is 118 cm³/mol. The van der Waals surface area contributed by atoms with E-state index in [2.05, 4.69) is 17.0 Å². The summed E-state index contributed by atoms with van der Waals surface area (Å²) < 4.78 is 0. The average molecular weight is 420 g/mol. The molecule has 0 aliphatic carbocycles. The third-order valence-corrected chi connectivity index (χ3v) is 6.14. The van der Waals surface area contributed by atoms with Crippen LogP contribution in [0.1, 0.15) is 46.5 Å². The Kier molecular flexibility index (Phi) is 6.18. The average Bonchev–Trinajstić information content (AvgIpc) is 2.91. The Bertz CT molecular complexity index is 938. The van der Waals surface area contributed by atoms with Crippen LogP contribution in [-0.4, -0.2) is 64.6 Å². The van der Waals surface area contributed by atoms with Crippen molar-refractivity contribution in [3.8, 4) is 0 Å². The number of nitrogens with zero attached hydrogens (tertiary/aromatic N) is 3. The van der Waals surface area contributed by atoms with Crippen molar-refractivity contribution < 1.29 is 14.4 Å². The van der Waals surface area contributed by atoms with Crippen LogP contribution in [0.4, 0.5) is 0 Å². The first kappa shape index (κ1) is 21.2. The number of benzene rings is 2. The number of hydrogen-bond acceptors (Lipinski definition) is 4. The molecule has 1 atom stereocenters. The van der Waals surface area contributed by atoms with Gasteiger partial charge in [-0.2, -0.15) is 0 Å². The summed E-state index contributed by atoms with van der Waals surface area (Å²) in [7, 11) is 0. The number of carbonyl (C=O) groups excluding carboxylic acids is 3. The molecule has 2 aliphatic rings. The zero-order valence-electron chi connectivity index (χ0n) is 18.2. The van der Waals surface area contributed by atoms with Crippen LogP contribution in [-0.2, 0) is 11.3 Å². The van der Waals surface area contributed by atoms with Gasteiger partial charge in [-0.05, 0) is 30.0 Å². The van der Waals surface area contributed by atoms with Crippen LogP contribution in [0.25, 0.3) is 0 Å². The molecule has 2 aromatic carbocycles. The molecule has 1 unspecified atom stereocenters. The van der Waals surface area contributed by atoms with E-state index in [4.69, 9.17) is 0 Å². The molecule has 0 radical (unpaired) electrons. The van der Waals surface area contributed by atoms with Gasteiger partial charge in [0.1, 0.15) is 6.04 Å². The second-order valence-electron chi connectivity index (χ2n) is 8.66. The lowest BCUT2D eigenvalue weighted by molar-refractivity contribution is -0.136. The maximum Gasteiger partial charge on any atom is 0.262 e. The van der Waals surface area contributed by atoms with E-state index in [-0.39, 0.29) is 23.6 Å². The highest BCUT2D eigenvalue weighted by Crippen LogP contribution is 2.28. The first-order valence-corrected chi connectivity index (χ1v) is 11.0. The molecular formula is C25H29N3O3. The van der Waals surface area contributed by atoms with Gasteiger partial charge in [-0.15, -0.1) is 0 Å². The molecule has 0 spiro atoms. The summed E-state index contributed by atoms with van der Waals surface area (Å²) in [4.78, 5) is 44.9. The summed E-state index contributed by atoms with van der Waals surface area (Å²) in [5.41, 5.74) is 2.03. The van der Waals surface area contributed by atoms with Crippen LogP contribution in [0, 0.1) is 5.92 Å². The molecule has 0 bridgehead atoms. The minimum Gasteiger partial charge on any atom is -0.340 e. The second-order valence-corrected chi connectivity index (χ2v) is 8.66. The zero-order valence-corrected chi connectivity index (χ0v) is 18.2. The lowest BCUT2D eigenvalue weighted by Gasteiger charge is -2.33. The molecule has 0 aromatic heterocycles. The fourth-order valence-electron chi connectivity index (χ4n) is 4.53. The zero-order chi connectivity index (χ0) is 22.0. The monoisotopic (exact) mass is 419 g/mol. The van der Waals surface area contributed by atoms with Crippen molar-refractivity contribution in [2.24, 2.45) is 5.92 Å². The van der Waals surface area contributed by atoms with Crippen LogP contribution < -0.4 is 0 Å². The van der Waals surface area contributed by atoms with Crippen LogP contribution in [0.2, 0.25) is 0 Å². The molecular weight excluding hydrogens is 390 g/mol. The molecule has 1 fully saturated rings.